The maximum absolute atomic E-state index is 5.95. The third-order valence-electron chi connectivity index (χ3n) is 5.64. The summed E-state index contributed by atoms with van der Waals surface area (Å²) in [6, 6.07) is 23.8. The number of anilines is 2. The molecule has 2 aliphatic heterocycles. The Morgan fingerprint density at radius 2 is 1.00 bits per heavy atom. The third kappa shape index (κ3) is 5.92. The molecule has 3 aromatic carbocycles. The quantitative estimate of drug-likeness (QED) is 0.194. The van der Waals surface area contributed by atoms with Crippen molar-refractivity contribution in [3.8, 4) is 11.5 Å². The number of ether oxygens (including phenoxy) is 2. The summed E-state index contributed by atoms with van der Waals surface area (Å²) in [6.45, 7) is 5.85. The van der Waals surface area contributed by atoms with Crippen LogP contribution in [0.25, 0.3) is 0 Å². The van der Waals surface area contributed by atoms with Gasteiger partial charge >= 0.3 is 0 Å². The molecule has 0 radical (unpaired) electrons. The molecule has 8 heteroatoms. The zero-order valence-corrected chi connectivity index (χ0v) is 24.7. The number of fused-ring (bicyclic) bond motifs is 2. The minimum absolute atomic E-state index is 0. The lowest BCUT2D eigenvalue weighted by Gasteiger charge is -2.14. The molecule has 0 atom stereocenters. The Kier molecular flexibility index (Phi) is 9.94. The number of rotatable bonds is 6. The molecular formula is C28H28I2N4O2. The Morgan fingerprint density at radius 1 is 0.611 bits per heavy atom. The van der Waals surface area contributed by atoms with Gasteiger partial charge in [-0.15, -0.1) is 48.0 Å². The van der Waals surface area contributed by atoms with Gasteiger partial charge in [0.05, 0.1) is 22.7 Å². The summed E-state index contributed by atoms with van der Waals surface area (Å²) >= 11 is 0. The summed E-state index contributed by atoms with van der Waals surface area (Å²) in [5.74, 6) is 3.29. The largest absolute Gasteiger partial charge is 0.439 e. The predicted molar refractivity (Wildman–Crippen MR) is 170 cm³/mol. The van der Waals surface area contributed by atoms with E-state index in [0.717, 1.165) is 59.1 Å². The Bertz CT molecular complexity index is 1200. The van der Waals surface area contributed by atoms with Gasteiger partial charge in [-0.3, -0.25) is 9.98 Å². The van der Waals surface area contributed by atoms with E-state index in [0.29, 0.717) is 0 Å². The highest BCUT2D eigenvalue weighted by Crippen LogP contribution is 2.39. The van der Waals surface area contributed by atoms with Gasteiger partial charge in [-0.1, -0.05) is 24.3 Å². The predicted octanol–water partition coefficient (Wildman–Crippen LogP) is 7.85. The van der Waals surface area contributed by atoms with Gasteiger partial charge in [0.25, 0.3) is 0 Å². The van der Waals surface area contributed by atoms with Crippen LogP contribution in [0.3, 0.4) is 0 Å². The molecule has 5 rings (SSSR count). The highest BCUT2D eigenvalue weighted by molar-refractivity contribution is 14.0. The van der Waals surface area contributed by atoms with E-state index in [1.54, 1.807) is 12.4 Å². The van der Waals surface area contributed by atoms with Crippen LogP contribution >= 0.6 is 48.0 Å². The molecular weight excluding hydrogens is 678 g/mol. The van der Waals surface area contributed by atoms with Crippen molar-refractivity contribution in [2.24, 2.45) is 9.98 Å². The first-order chi connectivity index (χ1) is 16.8. The van der Waals surface area contributed by atoms with Gasteiger partial charge in [-0.25, -0.2) is 0 Å². The number of allylic oxidation sites excluding steroid dienone is 2. The molecule has 2 aliphatic rings. The topological polar surface area (TPSA) is 49.7 Å². The monoisotopic (exact) mass is 706 g/mol. The summed E-state index contributed by atoms with van der Waals surface area (Å²) in [7, 11) is 0. The molecule has 6 nitrogen and oxygen atoms in total. The second-order valence-electron chi connectivity index (χ2n) is 7.71. The van der Waals surface area contributed by atoms with Crippen LogP contribution in [0.4, 0.5) is 22.7 Å². The fraction of sp³-hybridized carbons (Fsp3) is 0.143. The van der Waals surface area contributed by atoms with Gasteiger partial charge < -0.3 is 19.3 Å². The third-order valence-corrected chi connectivity index (χ3v) is 5.64. The summed E-state index contributed by atoms with van der Waals surface area (Å²) in [5, 5.41) is 0. The van der Waals surface area contributed by atoms with E-state index < -0.39 is 0 Å². The fourth-order valence-corrected chi connectivity index (χ4v) is 4.01. The van der Waals surface area contributed by atoms with Gasteiger partial charge in [-0.05, 0) is 62.4 Å². The first kappa shape index (κ1) is 27.7. The molecule has 0 bridgehead atoms. The first-order valence-electron chi connectivity index (χ1n) is 11.4. The molecule has 2 heterocycles. The van der Waals surface area contributed by atoms with Crippen molar-refractivity contribution >= 4 is 83.1 Å². The molecule has 3 aromatic rings. The number of nitrogens with zero attached hydrogens (tertiary/aromatic N) is 4. The zero-order valence-electron chi connectivity index (χ0n) is 20.1. The summed E-state index contributed by atoms with van der Waals surface area (Å²) in [6.07, 6.45) is 7.31. The van der Waals surface area contributed by atoms with Crippen LogP contribution in [0, 0.1) is 0 Å². The standard InChI is InChI=1S/C28H26N4O2.2HI/c1-3-31-23-9-5-7-11-25(23)33-27(31)17-19-29-21-13-15-22(16-14-21)30-20-18-28-32(4-2)24-10-6-8-12-26(24)34-28;;/h5-20H,3-4H2,1-2H3;2*1H. The lowest BCUT2D eigenvalue weighted by molar-refractivity contribution is 0.440. The molecule has 0 unspecified atom stereocenters. The Morgan fingerprint density at radius 3 is 1.39 bits per heavy atom. The highest BCUT2D eigenvalue weighted by Gasteiger charge is 2.24. The molecule has 0 N–H and O–H groups in total. The summed E-state index contributed by atoms with van der Waals surface area (Å²) in [4.78, 5) is 13.3. The van der Waals surface area contributed by atoms with Crippen LogP contribution in [-0.2, 0) is 0 Å². The smallest absolute Gasteiger partial charge is 0.202 e. The van der Waals surface area contributed by atoms with Crippen molar-refractivity contribution in [1.29, 1.82) is 0 Å². The van der Waals surface area contributed by atoms with Crippen molar-refractivity contribution in [3.05, 3.63) is 96.7 Å². The van der Waals surface area contributed by atoms with E-state index in [4.69, 9.17) is 9.47 Å². The van der Waals surface area contributed by atoms with Crippen molar-refractivity contribution < 1.29 is 9.47 Å². The normalized spacial score (nSPS) is 16.1. The van der Waals surface area contributed by atoms with E-state index in [9.17, 15) is 0 Å². The number of aliphatic imine (C=N–C) groups is 2. The average molecular weight is 706 g/mol. The Labute approximate surface area is 246 Å². The minimum atomic E-state index is 0. The average Bonchev–Trinajstić information content (AvgIpc) is 3.42. The van der Waals surface area contributed by atoms with E-state index in [1.807, 2.05) is 72.8 Å². The molecule has 0 fully saturated rings. The van der Waals surface area contributed by atoms with Gasteiger partial charge in [0.15, 0.2) is 11.5 Å². The molecule has 0 aromatic heterocycles. The van der Waals surface area contributed by atoms with Crippen molar-refractivity contribution in [3.63, 3.8) is 0 Å². The van der Waals surface area contributed by atoms with Crippen LogP contribution in [0.2, 0.25) is 0 Å². The van der Waals surface area contributed by atoms with Crippen LogP contribution in [-0.4, -0.2) is 25.5 Å². The number of hydrogen-bond acceptors (Lipinski definition) is 6. The van der Waals surface area contributed by atoms with Gasteiger partial charge in [0.1, 0.15) is 0 Å². The van der Waals surface area contributed by atoms with Crippen molar-refractivity contribution in [2.45, 2.75) is 13.8 Å². The van der Waals surface area contributed by atoms with Crippen LogP contribution in [0.15, 0.2) is 107 Å². The lowest BCUT2D eigenvalue weighted by atomic mass is 10.3. The SMILES string of the molecule is CCN1C(=CC=Nc2ccc(N=CC=C3Oc4ccccc4N3CC)cc2)Oc2ccccc21.I.I. The molecule has 0 amide bonds. The Balaban J connectivity index is 0.00000180. The maximum Gasteiger partial charge on any atom is 0.202 e. The number of halogens is 2. The second-order valence-corrected chi connectivity index (χ2v) is 7.71. The van der Waals surface area contributed by atoms with Crippen LogP contribution in [0.5, 0.6) is 11.5 Å². The maximum atomic E-state index is 5.95. The molecule has 0 aliphatic carbocycles. The van der Waals surface area contributed by atoms with E-state index in [2.05, 4.69) is 45.8 Å². The molecule has 36 heavy (non-hydrogen) atoms. The van der Waals surface area contributed by atoms with Crippen molar-refractivity contribution in [2.75, 3.05) is 22.9 Å². The van der Waals surface area contributed by atoms with Gasteiger partial charge in [0.2, 0.25) is 11.8 Å². The van der Waals surface area contributed by atoms with Crippen molar-refractivity contribution in [1.82, 2.24) is 0 Å². The molecule has 0 spiro atoms. The Hall–Kier alpha value is -2.86. The lowest BCUT2D eigenvalue weighted by Crippen LogP contribution is -2.19. The van der Waals surface area contributed by atoms with E-state index in [1.165, 1.54) is 0 Å². The van der Waals surface area contributed by atoms with Gasteiger partial charge in [-0.2, -0.15) is 0 Å². The summed E-state index contributed by atoms with van der Waals surface area (Å²) < 4.78 is 11.9. The molecule has 0 saturated heterocycles. The van der Waals surface area contributed by atoms with E-state index in [-0.39, 0.29) is 48.0 Å². The highest BCUT2D eigenvalue weighted by atomic mass is 127. The van der Waals surface area contributed by atoms with Crippen LogP contribution in [0.1, 0.15) is 13.8 Å². The zero-order chi connectivity index (χ0) is 23.3. The number of hydrogen-bond donors (Lipinski definition) is 0. The summed E-state index contributed by atoms with van der Waals surface area (Å²) in [5.41, 5.74) is 3.85. The second kappa shape index (κ2) is 12.9. The molecule has 186 valence electrons. The number of para-hydroxylation sites is 4. The number of benzene rings is 3. The first-order valence-corrected chi connectivity index (χ1v) is 11.4. The fourth-order valence-electron chi connectivity index (χ4n) is 4.01. The van der Waals surface area contributed by atoms with Gasteiger partial charge in [0, 0.05) is 37.7 Å². The van der Waals surface area contributed by atoms with Crippen LogP contribution < -0.4 is 19.3 Å². The minimum Gasteiger partial charge on any atom is -0.439 e. The van der Waals surface area contributed by atoms with E-state index >= 15 is 0 Å². The molecule has 0 saturated carbocycles.